The summed E-state index contributed by atoms with van der Waals surface area (Å²) in [7, 11) is 0. The molecule has 0 atom stereocenters. The Morgan fingerprint density at radius 3 is 2.43 bits per heavy atom. The molecule has 8 heteroatoms. The maximum absolute atomic E-state index is 13.5. The van der Waals surface area contributed by atoms with E-state index >= 15 is 0 Å². The first-order chi connectivity index (χ1) is 9.99. The molecule has 0 spiro atoms. The van der Waals surface area contributed by atoms with Crippen molar-refractivity contribution in [1.82, 2.24) is 0 Å². The molecule has 0 saturated carbocycles. The zero-order valence-corrected chi connectivity index (χ0v) is 10.4. The molecule has 2 rings (SSSR count). The van der Waals surface area contributed by atoms with Crippen LogP contribution < -0.4 is 10.1 Å². The summed E-state index contributed by atoms with van der Waals surface area (Å²) in [5, 5.41) is 13.4. The highest BCUT2D eigenvalue weighted by molar-refractivity contribution is 5.73. The van der Waals surface area contributed by atoms with Crippen molar-refractivity contribution in [2.45, 2.75) is 6.61 Å². The highest BCUT2D eigenvalue weighted by Crippen LogP contribution is 2.34. The second-order valence-corrected chi connectivity index (χ2v) is 3.89. The Bertz CT molecular complexity index is 665. The SMILES string of the molecule is O=[N+]([O-])c1c(F)cccc1Nc1ccccc1OC(F)F. The van der Waals surface area contributed by atoms with Crippen LogP contribution in [0.3, 0.4) is 0 Å². The first kappa shape index (κ1) is 14.6. The third-order valence-electron chi connectivity index (χ3n) is 2.54. The Hall–Kier alpha value is -2.77. The molecule has 1 N–H and O–H groups in total. The molecule has 0 radical (unpaired) electrons. The van der Waals surface area contributed by atoms with Gasteiger partial charge < -0.3 is 10.1 Å². The van der Waals surface area contributed by atoms with Crippen LogP contribution in [-0.2, 0) is 0 Å². The van der Waals surface area contributed by atoms with Gasteiger partial charge in [0.05, 0.1) is 10.6 Å². The van der Waals surface area contributed by atoms with Gasteiger partial charge in [-0.15, -0.1) is 0 Å². The molecule has 0 amide bonds. The Kier molecular flexibility index (Phi) is 4.27. The summed E-state index contributed by atoms with van der Waals surface area (Å²) in [5.74, 6) is -1.23. The van der Waals surface area contributed by atoms with E-state index in [0.717, 1.165) is 6.07 Å². The van der Waals surface area contributed by atoms with Crippen molar-refractivity contribution < 1.29 is 22.8 Å². The molecule has 0 fully saturated rings. The van der Waals surface area contributed by atoms with Gasteiger partial charge in [-0.25, -0.2) is 0 Å². The number of rotatable bonds is 5. The lowest BCUT2D eigenvalue weighted by Crippen LogP contribution is -2.05. The quantitative estimate of drug-likeness (QED) is 0.667. The molecule has 0 aliphatic carbocycles. The van der Waals surface area contributed by atoms with Gasteiger partial charge in [0.15, 0.2) is 0 Å². The van der Waals surface area contributed by atoms with Crippen LogP contribution in [0.2, 0.25) is 0 Å². The number of ether oxygens (including phenoxy) is 1. The summed E-state index contributed by atoms with van der Waals surface area (Å²) >= 11 is 0. The monoisotopic (exact) mass is 298 g/mol. The number of hydrogen-bond donors (Lipinski definition) is 1. The minimum absolute atomic E-state index is 0.0616. The van der Waals surface area contributed by atoms with Crippen LogP contribution in [0, 0.1) is 15.9 Å². The summed E-state index contributed by atoms with van der Waals surface area (Å²) in [4.78, 5) is 9.98. The summed E-state index contributed by atoms with van der Waals surface area (Å²) < 4.78 is 42.4. The second-order valence-electron chi connectivity index (χ2n) is 3.89. The van der Waals surface area contributed by atoms with Crippen LogP contribution in [0.25, 0.3) is 0 Å². The molecule has 0 bridgehead atoms. The summed E-state index contributed by atoms with van der Waals surface area (Å²) in [5.41, 5.74) is -0.874. The highest BCUT2D eigenvalue weighted by Gasteiger charge is 2.21. The molecule has 0 aromatic heterocycles. The third kappa shape index (κ3) is 3.41. The molecule has 0 saturated heterocycles. The van der Waals surface area contributed by atoms with E-state index in [4.69, 9.17) is 0 Å². The van der Waals surface area contributed by atoms with E-state index in [0.29, 0.717) is 0 Å². The molecule has 2 aromatic rings. The molecule has 21 heavy (non-hydrogen) atoms. The predicted molar refractivity (Wildman–Crippen MR) is 69.4 cm³/mol. The van der Waals surface area contributed by atoms with E-state index in [1.165, 1.54) is 36.4 Å². The Morgan fingerprint density at radius 2 is 1.76 bits per heavy atom. The van der Waals surface area contributed by atoms with Crippen molar-refractivity contribution in [3.63, 3.8) is 0 Å². The van der Waals surface area contributed by atoms with Crippen LogP contribution in [0.5, 0.6) is 5.75 Å². The number of alkyl halides is 2. The van der Waals surface area contributed by atoms with Crippen molar-refractivity contribution in [1.29, 1.82) is 0 Å². The number of hydrogen-bond acceptors (Lipinski definition) is 4. The van der Waals surface area contributed by atoms with Crippen molar-refractivity contribution in [3.8, 4) is 5.75 Å². The van der Waals surface area contributed by atoms with Gasteiger partial charge in [0.2, 0.25) is 5.82 Å². The first-order valence-corrected chi connectivity index (χ1v) is 5.73. The zero-order chi connectivity index (χ0) is 15.4. The fraction of sp³-hybridized carbons (Fsp3) is 0.0769. The lowest BCUT2D eigenvalue weighted by atomic mass is 10.2. The van der Waals surface area contributed by atoms with E-state index in [-0.39, 0.29) is 17.1 Å². The molecular formula is C13H9F3N2O3. The smallest absolute Gasteiger partial charge is 0.387 e. The van der Waals surface area contributed by atoms with Gasteiger partial charge >= 0.3 is 12.3 Å². The zero-order valence-electron chi connectivity index (χ0n) is 10.4. The van der Waals surface area contributed by atoms with Crippen LogP contribution >= 0.6 is 0 Å². The molecule has 0 unspecified atom stereocenters. The number of nitro groups is 1. The number of nitrogens with one attached hydrogen (secondary N) is 1. The summed E-state index contributed by atoms with van der Waals surface area (Å²) in [6, 6.07) is 9.09. The molecule has 5 nitrogen and oxygen atoms in total. The van der Waals surface area contributed by atoms with Crippen molar-refractivity contribution in [2.75, 3.05) is 5.32 Å². The number of nitro benzene ring substituents is 1. The van der Waals surface area contributed by atoms with Gasteiger partial charge in [0.25, 0.3) is 0 Å². The van der Waals surface area contributed by atoms with Gasteiger partial charge in [-0.05, 0) is 24.3 Å². The molecule has 0 heterocycles. The average molecular weight is 298 g/mol. The first-order valence-electron chi connectivity index (χ1n) is 5.73. The average Bonchev–Trinajstić information content (AvgIpc) is 2.40. The number of para-hydroxylation sites is 3. The number of halogens is 3. The highest BCUT2D eigenvalue weighted by atomic mass is 19.3. The van der Waals surface area contributed by atoms with E-state index in [1.54, 1.807) is 0 Å². The molecule has 0 aliphatic rings. The number of nitrogens with zero attached hydrogens (tertiary/aromatic N) is 1. The lowest BCUT2D eigenvalue weighted by molar-refractivity contribution is -0.386. The van der Waals surface area contributed by atoms with Crippen LogP contribution in [-0.4, -0.2) is 11.5 Å². The Balaban J connectivity index is 2.39. The standard InChI is InChI=1S/C13H9F3N2O3/c14-8-4-3-6-10(12(8)18(19)20)17-9-5-1-2-7-11(9)21-13(15)16/h1-7,13,17H. The molecule has 110 valence electrons. The third-order valence-corrected chi connectivity index (χ3v) is 2.54. The van der Waals surface area contributed by atoms with Crippen molar-refractivity contribution >= 4 is 17.1 Å². The fourth-order valence-electron chi connectivity index (χ4n) is 1.72. The maximum atomic E-state index is 13.5. The normalized spacial score (nSPS) is 10.5. The van der Waals surface area contributed by atoms with Gasteiger partial charge in [-0.2, -0.15) is 13.2 Å². The van der Waals surface area contributed by atoms with Gasteiger partial charge in [-0.3, -0.25) is 10.1 Å². The Labute approximate surface area is 117 Å². The number of benzene rings is 2. The topological polar surface area (TPSA) is 64.4 Å². The lowest BCUT2D eigenvalue weighted by Gasteiger charge is -2.12. The predicted octanol–water partition coefficient (Wildman–Crippen LogP) is 4.08. The van der Waals surface area contributed by atoms with Crippen LogP contribution in [0.15, 0.2) is 42.5 Å². The largest absolute Gasteiger partial charge is 0.433 e. The number of anilines is 2. The van der Waals surface area contributed by atoms with Gasteiger partial charge in [-0.1, -0.05) is 18.2 Å². The van der Waals surface area contributed by atoms with Crippen molar-refractivity contribution in [3.05, 3.63) is 58.4 Å². The van der Waals surface area contributed by atoms with Crippen LogP contribution in [0.1, 0.15) is 0 Å². The van der Waals surface area contributed by atoms with Gasteiger partial charge in [0, 0.05) is 0 Å². The van der Waals surface area contributed by atoms with Crippen molar-refractivity contribution in [2.24, 2.45) is 0 Å². The Morgan fingerprint density at radius 1 is 1.10 bits per heavy atom. The van der Waals surface area contributed by atoms with E-state index in [2.05, 4.69) is 10.1 Å². The minimum Gasteiger partial charge on any atom is -0.433 e. The van der Waals surface area contributed by atoms with E-state index < -0.39 is 23.0 Å². The molecule has 0 aliphatic heterocycles. The molecule has 2 aromatic carbocycles. The fourth-order valence-corrected chi connectivity index (χ4v) is 1.72. The minimum atomic E-state index is -3.05. The van der Waals surface area contributed by atoms with Crippen LogP contribution in [0.4, 0.5) is 30.2 Å². The van der Waals surface area contributed by atoms with E-state index in [9.17, 15) is 23.3 Å². The van der Waals surface area contributed by atoms with Gasteiger partial charge in [0.1, 0.15) is 11.4 Å². The van der Waals surface area contributed by atoms with E-state index in [1.807, 2.05) is 0 Å². The second kappa shape index (κ2) is 6.12. The summed E-state index contributed by atoms with van der Waals surface area (Å²) in [6.45, 7) is -3.05. The maximum Gasteiger partial charge on any atom is 0.387 e. The summed E-state index contributed by atoms with van der Waals surface area (Å²) in [6.07, 6.45) is 0. The molecular weight excluding hydrogens is 289 g/mol.